The molecule has 0 amide bonds. The number of ether oxygens (including phenoxy) is 2. The SMILES string of the molecule is COc1cc(C2=NNC(c3cccnc3)=Nc3ccc(C)cc32)ccc1OCc1ccccc1. The molecule has 5 rings (SSSR count). The maximum atomic E-state index is 6.03. The van der Waals surface area contributed by atoms with E-state index in [0.717, 1.165) is 39.2 Å². The number of nitrogens with zero attached hydrogens (tertiary/aromatic N) is 3. The molecule has 1 aliphatic rings. The zero-order valence-electron chi connectivity index (χ0n) is 19.0. The summed E-state index contributed by atoms with van der Waals surface area (Å²) in [7, 11) is 1.64. The molecule has 0 saturated carbocycles. The molecule has 0 radical (unpaired) electrons. The largest absolute Gasteiger partial charge is 0.493 e. The van der Waals surface area contributed by atoms with E-state index in [0.29, 0.717) is 23.9 Å². The van der Waals surface area contributed by atoms with E-state index in [1.807, 2.05) is 72.8 Å². The van der Waals surface area contributed by atoms with Gasteiger partial charge in [0, 0.05) is 29.1 Å². The van der Waals surface area contributed by atoms with Gasteiger partial charge < -0.3 is 9.47 Å². The number of aliphatic imine (C=N–C) groups is 1. The van der Waals surface area contributed by atoms with E-state index in [9.17, 15) is 0 Å². The highest BCUT2D eigenvalue weighted by Crippen LogP contribution is 2.32. The maximum absolute atomic E-state index is 6.03. The molecule has 6 nitrogen and oxygen atoms in total. The summed E-state index contributed by atoms with van der Waals surface area (Å²) in [5.41, 5.74) is 9.65. The van der Waals surface area contributed by atoms with Gasteiger partial charge in [0.05, 0.1) is 12.8 Å². The van der Waals surface area contributed by atoms with E-state index in [1.54, 1.807) is 19.5 Å². The second-order valence-electron chi connectivity index (χ2n) is 7.93. The average Bonchev–Trinajstić information content (AvgIpc) is 3.08. The van der Waals surface area contributed by atoms with Crippen molar-refractivity contribution in [2.24, 2.45) is 10.1 Å². The molecule has 2 heterocycles. The van der Waals surface area contributed by atoms with Crippen molar-refractivity contribution in [2.75, 3.05) is 7.11 Å². The van der Waals surface area contributed by atoms with Crippen LogP contribution in [0.1, 0.15) is 27.8 Å². The Hall–Kier alpha value is -4.45. The number of aromatic nitrogens is 1. The minimum atomic E-state index is 0.462. The first kappa shape index (κ1) is 21.4. The van der Waals surface area contributed by atoms with Crippen LogP contribution in [0.4, 0.5) is 5.69 Å². The van der Waals surface area contributed by atoms with Gasteiger partial charge in [-0.2, -0.15) is 5.10 Å². The summed E-state index contributed by atoms with van der Waals surface area (Å²) in [4.78, 5) is 9.05. The van der Waals surface area contributed by atoms with Gasteiger partial charge in [0.1, 0.15) is 12.3 Å². The number of rotatable bonds is 6. The molecule has 0 unspecified atom stereocenters. The Balaban J connectivity index is 1.50. The van der Waals surface area contributed by atoms with Gasteiger partial charge in [-0.25, -0.2) is 4.99 Å². The predicted octanol–water partition coefficient (Wildman–Crippen LogP) is 5.41. The minimum Gasteiger partial charge on any atom is -0.493 e. The highest BCUT2D eigenvalue weighted by Gasteiger charge is 2.19. The minimum absolute atomic E-state index is 0.462. The van der Waals surface area contributed by atoms with Crippen molar-refractivity contribution in [1.82, 2.24) is 10.4 Å². The summed E-state index contributed by atoms with van der Waals surface area (Å²) in [6.45, 7) is 2.52. The number of nitrogens with one attached hydrogen (secondary N) is 1. The lowest BCUT2D eigenvalue weighted by atomic mass is 9.98. The molecular formula is C28H24N4O2. The van der Waals surface area contributed by atoms with Crippen LogP contribution in [-0.2, 0) is 6.61 Å². The Bertz CT molecular complexity index is 1370. The van der Waals surface area contributed by atoms with E-state index < -0.39 is 0 Å². The quantitative estimate of drug-likeness (QED) is 0.428. The van der Waals surface area contributed by atoms with Crippen LogP contribution in [0, 0.1) is 6.92 Å². The molecule has 4 aromatic rings. The molecule has 0 saturated heterocycles. The number of fused-ring (bicyclic) bond motifs is 1. The van der Waals surface area contributed by atoms with Crippen molar-refractivity contribution in [3.63, 3.8) is 0 Å². The Morgan fingerprint density at radius 3 is 2.53 bits per heavy atom. The van der Waals surface area contributed by atoms with E-state index >= 15 is 0 Å². The van der Waals surface area contributed by atoms with Gasteiger partial charge in [0.25, 0.3) is 0 Å². The Morgan fingerprint density at radius 1 is 0.853 bits per heavy atom. The molecule has 0 aliphatic carbocycles. The van der Waals surface area contributed by atoms with Crippen molar-refractivity contribution in [1.29, 1.82) is 0 Å². The van der Waals surface area contributed by atoms with Crippen LogP contribution in [0.5, 0.6) is 11.5 Å². The van der Waals surface area contributed by atoms with Crippen molar-refractivity contribution < 1.29 is 9.47 Å². The van der Waals surface area contributed by atoms with E-state index in [1.165, 1.54) is 0 Å². The van der Waals surface area contributed by atoms with Crippen molar-refractivity contribution in [3.05, 3.63) is 119 Å². The lowest BCUT2D eigenvalue weighted by Crippen LogP contribution is -2.19. The third-order valence-corrected chi connectivity index (χ3v) is 5.52. The van der Waals surface area contributed by atoms with Gasteiger partial charge >= 0.3 is 0 Å². The monoisotopic (exact) mass is 448 g/mol. The first-order chi connectivity index (χ1) is 16.7. The second kappa shape index (κ2) is 9.58. The molecule has 0 fully saturated rings. The number of hydrazone groups is 1. The summed E-state index contributed by atoms with van der Waals surface area (Å²) < 4.78 is 11.7. The number of benzene rings is 3. The smallest absolute Gasteiger partial charge is 0.161 e. The van der Waals surface area contributed by atoms with E-state index in [4.69, 9.17) is 19.6 Å². The molecule has 6 heteroatoms. The predicted molar refractivity (Wildman–Crippen MR) is 134 cm³/mol. The van der Waals surface area contributed by atoms with Crippen LogP contribution in [0.15, 0.2) is 101 Å². The number of methoxy groups -OCH3 is 1. The van der Waals surface area contributed by atoms with Gasteiger partial charge in [-0.05, 0) is 55.0 Å². The highest BCUT2D eigenvalue weighted by molar-refractivity contribution is 6.18. The Labute approximate surface area is 198 Å². The molecular weight excluding hydrogens is 424 g/mol. The first-order valence-electron chi connectivity index (χ1n) is 11.0. The molecule has 34 heavy (non-hydrogen) atoms. The molecule has 0 bridgehead atoms. The van der Waals surface area contributed by atoms with Crippen molar-refractivity contribution in [3.8, 4) is 11.5 Å². The van der Waals surface area contributed by atoms with Crippen molar-refractivity contribution >= 4 is 17.2 Å². The van der Waals surface area contributed by atoms with Crippen molar-refractivity contribution in [2.45, 2.75) is 13.5 Å². The average molecular weight is 449 g/mol. The molecule has 168 valence electrons. The number of hydrogen-bond donors (Lipinski definition) is 1. The molecule has 0 atom stereocenters. The van der Waals surface area contributed by atoms with Gasteiger partial charge in [0.2, 0.25) is 0 Å². The molecule has 1 aromatic heterocycles. The van der Waals surface area contributed by atoms with Gasteiger partial charge in [0.15, 0.2) is 17.3 Å². The second-order valence-corrected chi connectivity index (χ2v) is 7.93. The molecule has 3 aromatic carbocycles. The topological polar surface area (TPSA) is 68.1 Å². The van der Waals surface area contributed by atoms with Gasteiger partial charge in [-0.1, -0.05) is 42.0 Å². The zero-order valence-corrected chi connectivity index (χ0v) is 19.0. The van der Waals surface area contributed by atoms with Crippen LogP contribution < -0.4 is 14.9 Å². The van der Waals surface area contributed by atoms with Gasteiger partial charge in [-0.3, -0.25) is 10.4 Å². The Morgan fingerprint density at radius 2 is 1.74 bits per heavy atom. The van der Waals surface area contributed by atoms with Crippen LogP contribution in [0.25, 0.3) is 0 Å². The summed E-state index contributed by atoms with van der Waals surface area (Å²) in [5.74, 6) is 1.96. The van der Waals surface area contributed by atoms with Crippen LogP contribution >= 0.6 is 0 Å². The van der Waals surface area contributed by atoms with Crippen LogP contribution in [0.3, 0.4) is 0 Å². The fourth-order valence-corrected chi connectivity index (χ4v) is 3.77. The van der Waals surface area contributed by atoms with Gasteiger partial charge in [-0.15, -0.1) is 0 Å². The third kappa shape index (κ3) is 4.52. The summed E-state index contributed by atoms with van der Waals surface area (Å²) >= 11 is 0. The fourth-order valence-electron chi connectivity index (χ4n) is 3.77. The number of hydrogen-bond acceptors (Lipinski definition) is 6. The lowest BCUT2D eigenvalue weighted by molar-refractivity contribution is 0.284. The van der Waals surface area contributed by atoms with Crippen LogP contribution in [-0.4, -0.2) is 23.6 Å². The standard InChI is InChI=1S/C28H24N4O2/c1-19-10-12-24-23(15-19)27(31-32-28(30-24)22-9-6-14-29-17-22)21-11-13-25(26(16-21)33-2)34-18-20-7-4-3-5-8-20/h3-17H,18H2,1-2H3,(H,30,32). The molecule has 1 aliphatic heterocycles. The third-order valence-electron chi connectivity index (χ3n) is 5.52. The maximum Gasteiger partial charge on any atom is 0.161 e. The fraction of sp³-hybridized carbons (Fsp3) is 0.107. The number of amidine groups is 1. The summed E-state index contributed by atoms with van der Waals surface area (Å²) in [5, 5.41) is 4.74. The highest BCUT2D eigenvalue weighted by atomic mass is 16.5. The zero-order chi connectivity index (χ0) is 23.3. The van der Waals surface area contributed by atoms with E-state index in [-0.39, 0.29) is 0 Å². The molecule has 0 spiro atoms. The number of aryl methyl sites for hydroxylation is 1. The number of pyridine rings is 1. The normalized spacial score (nSPS) is 12.5. The Kier molecular flexibility index (Phi) is 6.03. The van der Waals surface area contributed by atoms with Crippen LogP contribution in [0.2, 0.25) is 0 Å². The van der Waals surface area contributed by atoms with E-state index in [2.05, 4.69) is 23.4 Å². The molecule has 1 N–H and O–H groups in total. The lowest BCUT2D eigenvalue weighted by Gasteiger charge is -2.14. The first-order valence-corrected chi connectivity index (χ1v) is 11.0. The summed E-state index contributed by atoms with van der Waals surface area (Å²) in [6.07, 6.45) is 3.50. The summed E-state index contributed by atoms with van der Waals surface area (Å²) in [6, 6.07) is 25.9.